The number of anilines is 2. The number of hydrogen-bond donors (Lipinski definition) is 2. The molecule has 1 aliphatic rings. The molecule has 0 aliphatic carbocycles. The van der Waals surface area contributed by atoms with Gasteiger partial charge in [-0.2, -0.15) is 0 Å². The molecule has 1 aliphatic heterocycles. The summed E-state index contributed by atoms with van der Waals surface area (Å²) in [5, 5.41) is 10.3. The van der Waals surface area contributed by atoms with Gasteiger partial charge in [-0.25, -0.2) is 0 Å². The average molecular weight is 343 g/mol. The molecule has 1 unspecified atom stereocenters. The maximum Gasteiger partial charge on any atom is 0.115 e. The van der Waals surface area contributed by atoms with Crippen molar-refractivity contribution in [3.63, 3.8) is 0 Å². The van der Waals surface area contributed by atoms with Gasteiger partial charge >= 0.3 is 0 Å². The lowest BCUT2D eigenvalue weighted by Crippen LogP contribution is -3.00. The van der Waals surface area contributed by atoms with Crippen LogP contribution in [0, 0.1) is 0 Å². The predicted octanol–water partition coefficient (Wildman–Crippen LogP) is -2.15. The Kier molecular flexibility index (Phi) is 7.61. The van der Waals surface area contributed by atoms with E-state index < -0.39 is 0 Å². The van der Waals surface area contributed by atoms with Crippen LogP contribution < -0.4 is 23.0 Å². The van der Waals surface area contributed by atoms with Crippen molar-refractivity contribution < 1.29 is 22.0 Å². The van der Waals surface area contributed by atoms with E-state index in [1.807, 2.05) is 12.1 Å². The van der Waals surface area contributed by atoms with Crippen molar-refractivity contribution in [3.05, 3.63) is 24.3 Å². The molecule has 1 fully saturated rings. The summed E-state index contributed by atoms with van der Waals surface area (Å²) < 4.78 is 0.798. The third kappa shape index (κ3) is 6.96. The summed E-state index contributed by atoms with van der Waals surface area (Å²) in [5.74, 6) is 0. The van der Waals surface area contributed by atoms with Crippen LogP contribution in [0.2, 0.25) is 0 Å². The molecule has 1 aromatic carbocycles. The Labute approximate surface area is 146 Å². The number of aliphatic hydroxyl groups is 1. The summed E-state index contributed by atoms with van der Waals surface area (Å²) in [6.07, 6.45) is 0.865. The first kappa shape index (κ1) is 20.0. The molecule has 0 saturated carbocycles. The van der Waals surface area contributed by atoms with Gasteiger partial charge in [0, 0.05) is 37.6 Å². The molecule has 1 atom stereocenters. The molecule has 1 heterocycles. The first-order valence-electron chi connectivity index (χ1n) is 8.15. The van der Waals surface area contributed by atoms with Gasteiger partial charge in [0.05, 0.1) is 21.1 Å². The zero-order valence-corrected chi connectivity index (χ0v) is 15.3. The van der Waals surface area contributed by atoms with Crippen LogP contribution in [-0.4, -0.2) is 81.0 Å². The second kappa shape index (κ2) is 8.73. The Balaban J connectivity index is 0.00000264. The first-order chi connectivity index (χ1) is 10.3. The Morgan fingerprint density at radius 2 is 1.74 bits per heavy atom. The molecule has 0 aromatic heterocycles. The number of nitrogens with zero attached hydrogens (tertiary/aromatic N) is 3. The van der Waals surface area contributed by atoms with Gasteiger partial charge in [-0.1, -0.05) is 0 Å². The smallest absolute Gasteiger partial charge is 0.115 e. The van der Waals surface area contributed by atoms with Crippen LogP contribution >= 0.6 is 0 Å². The lowest BCUT2D eigenvalue weighted by molar-refractivity contribution is -0.873. The van der Waals surface area contributed by atoms with Crippen molar-refractivity contribution in [1.82, 2.24) is 4.90 Å². The van der Waals surface area contributed by atoms with Crippen molar-refractivity contribution in [3.8, 4) is 0 Å². The molecule has 23 heavy (non-hydrogen) atoms. The molecule has 0 spiro atoms. The lowest BCUT2D eigenvalue weighted by Gasteiger charge is -2.30. The van der Waals surface area contributed by atoms with Crippen molar-refractivity contribution >= 4 is 11.4 Å². The fourth-order valence-electron chi connectivity index (χ4n) is 3.08. The summed E-state index contributed by atoms with van der Waals surface area (Å²) in [6, 6.07) is 8.11. The number of nitrogens with two attached hydrogens (primary N) is 1. The number of halogens is 1. The summed E-state index contributed by atoms with van der Waals surface area (Å²) in [4.78, 5) is 4.79. The highest BCUT2D eigenvalue weighted by Gasteiger charge is 2.21. The second-order valence-electron chi connectivity index (χ2n) is 7.36. The third-order valence-electron chi connectivity index (χ3n) is 4.07. The Morgan fingerprint density at radius 1 is 1.09 bits per heavy atom. The van der Waals surface area contributed by atoms with Gasteiger partial charge in [-0.3, -0.25) is 4.90 Å². The Hall–Kier alpha value is -1.01. The van der Waals surface area contributed by atoms with Gasteiger partial charge in [0.15, 0.2) is 0 Å². The number of aliphatic hydroxyl groups excluding tert-OH is 1. The van der Waals surface area contributed by atoms with E-state index in [0.29, 0.717) is 0 Å². The van der Waals surface area contributed by atoms with E-state index in [0.717, 1.165) is 55.9 Å². The predicted molar refractivity (Wildman–Crippen MR) is 93.0 cm³/mol. The first-order valence-corrected chi connectivity index (χ1v) is 8.15. The number of hydrogen-bond acceptors (Lipinski definition) is 4. The molecule has 0 amide bonds. The summed E-state index contributed by atoms with van der Waals surface area (Å²) in [6.45, 7) is 5.67. The van der Waals surface area contributed by atoms with Crippen molar-refractivity contribution in [2.75, 3.05) is 71.0 Å². The SMILES string of the molecule is C[N+](C)(C)CC(O)CN1CCCN(c2ccc(N)cc2)CC1.[Cl-]. The van der Waals surface area contributed by atoms with E-state index in [1.165, 1.54) is 5.69 Å². The van der Waals surface area contributed by atoms with Crippen LogP contribution in [-0.2, 0) is 0 Å². The molecule has 3 N–H and O–H groups in total. The van der Waals surface area contributed by atoms with Crippen LogP contribution in [0.1, 0.15) is 6.42 Å². The van der Waals surface area contributed by atoms with Crippen molar-refractivity contribution in [2.45, 2.75) is 12.5 Å². The van der Waals surface area contributed by atoms with Gasteiger partial charge in [0.25, 0.3) is 0 Å². The topological polar surface area (TPSA) is 52.7 Å². The number of quaternary nitrogens is 1. The molecule has 5 nitrogen and oxygen atoms in total. The van der Waals surface area contributed by atoms with Gasteiger partial charge in [-0.15, -0.1) is 0 Å². The van der Waals surface area contributed by atoms with E-state index in [1.54, 1.807) is 0 Å². The highest BCUT2D eigenvalue weighted by atomic mass is 35.5. The monoisotopic (exact) mass is 342 g/mol. The molecule has 0 radical (unpaired) electrons. The van der Waals surface area contributed by atoms with Crippen LogP contribution in [0.4, 0.5) is 11.4 Å². The third-order valence-corrected chi connectivity index (χ3v) is 4.07. The normalized spacial score (nSPS) is 18.2. The lowest BCUT2D eigenvalue weighted by atomic mass is 10.2. The summed E-state index contributed by atoms with van der Waals surface area (Å²) in [7, 11) is 6.36. The van der Waals surface area contributed by atoms with Crippen LogP contribution in [0.25, 0.3) is 0 Å². The minimum atomic E-state index is -0.261. The van der Waals surface area contributed by atoms with Crippen molar-refractivity contribution in [2.24, 2.45) is 0 Å². The van der Waals surface area contributed by atoms with E-state index in [4.69, 9.17) is 5.73 Å². The van der Waals surface area contributed by atoms with Gasteiger partial charge in [0.2, 0.25) is 0 Å². The minimum absolute atomic E-state index is 0. The fraction of sp³-hybridized carbons (Fsp3) is 0.647. The largest absolute Gasteiger partial charge is 1.00 e. The number of nitrogen functional groups attached to an aromatic ring is 1. The molecule has 1 saturated heterocycles. The number of rotatable bonds is 5. The number of likely N-dealkylation sites (N-methyl/N-ethyl adjacent to an activating group) is 1. The number of β-amino-alcohol motifs (C(OH)–C–C–N with tert-alkyl or cyclic N) is 1. The fourth-order valence-corrected chi connectivity index (χ4v) is 3.08. The molecule has 2 rings (SSSR count). The minimum Gasteiger partial charge on any atom is -1.00 e. The van der Waals surface area contributed by atoms with Crippen LogP contribution in [0.15, 0.2) is 24.3 Å². The summed E-state index contributed by atoms with van der Waals surface area (Å²) in [5.41, 5.74) is 7.81. The van der Waals surface area contributed by atoms with Gasteiger partial charge in [0.1, 0.15) is 12.6 Å². The van der Waals surface area contributed by atoms with E-state index in [-0.39, 0.29) is 18.5 Å². The maximum absolute atomic E-state index is 10.3. The van der Waals surface area contributed by atoms with Crippen LogP contribution in [0.5, 0.6) is 0 Å². The summed E-state index contributed by atoms with van der Waals surface area (Å²) >= 11 is 0. The van der Waals surface area contributed by atoms with Crippen LogP contribution in [0.3, 0.4) is 0 Å². The number of benzene rings is 1. The average Bonchev–Trinajstić information content (AvgIpc) is 2.63. The molecule has 132 valence electrons. The Bertz CT molecular complexity index is 461. The Morgan fingerprint density at radius 3 is 2.35 bits per heavy atom. The highest BCUT2D eigenvalue weighted by Crippen LogP contribution is 2.18. The molecule has 1 aromatic rings. The van der Waals surface area contributed by atoms with E-state index >= 15 is 0 Å². The second-order valence-corrected chi connectivity index (χ2v) is 7.36. The molecule has 0 bridgehead atoms. The van der Waals surface area contributed by atoms with Gasteiger partial charge < -0.3 is 32.6 Å². The maximum atomic E-state index is 10.3. The van der Waals surface area contributed by atoms with E-state index in [2.05, 4.69) is 43.1 Å². The highest BCUT2D eigenvalue weighted by molar-refractivity contribution is 5.53. The quantitative estimate of drug-likeness (QED) is 0.473. The standard InChI is InChI=1S/C17H31N4O.ClH/c1-21(2,3)14-17(22)13-19-9-4-10-20(12-11-19)16-7-5-15(18)6-8-16;/h5-8,17,22H,4,9-14,18H2,1-3H3;1H/q+1;/p-1. The zero-order chi connectivity index (χ0) is 16.2. The van der Waals surface area contributed by atoms with Crippen molar-refractivity contribution in [1.29, 1.82) is 0 Å². The zero-order valence-electron chi connectivity index (χ0n) is 14.6. The molecule has 6 heteroatoms. The van der Waals surface area contributed by atoms with Gasteiger partial charge in [-0.05, 0) is 37.2 Å². The molecular weight excluding hydrogens is 312 g/mol. The van der Waals surface area contributed by atoms with E-state index in [9.17, 15) is 5.11 Å². The molecular formula is C17H31ClN4O.